The molecule has 0 atom stereocenters. The lowest BCUT2D eigenvalue weighted by atomic mass is 10.1. The summed E-state index contributed by atoms with van der Waals surface area (Å²) in [7, 11) is -3.52. The van der Waals surface area contributed by atoms with Crippen molar-refractivity contribution < 1.29 is 18.0 Å². The van der Waals surface area contributed by atoms with Crippen molar-refractivity contribution >= 4 is 33.1 Å². The highest BCUT2D eigenvalue weighted by Gasteiger charge is 2.19. The Morgan fingerprint density at radius 3 is 2.15 bits per heavy atom. The molecule has 144 valence electrons. The van der Waals surface area contributed by atoms with E-state index in [1.807, 2.05) is 19.9 Å². The van der Waals surface area contributed by atoms with Gasteiger partial charge in [0.2, 0.25) is 15.9 Å². The highest BCUT2D eigenvalue weighted by Crippen LogP contribution is 2.21. The zero-order valence-electron chi connectivity index (χ0n) is 15.9. The van der Waals surface area contributed by atoms with Crippen LogP contribution in [0.4, 0.5) is 11.4 Å². The maximum atomic E-state index is 12.2. The molecule has 1 amide bonds. The van der Waals surface area contributed by atoms with Crippen LogP contribution in [0.2, 0.25) is 0 Å². The molecular formula is C20H24N2O4S. The number of nitrogens with one attached hydrogen (secondary N) is 1. The summed E-state index contributed by atoms with van der Waals surface area (Å²) in [6.45, 7) is 5.38. The fourth-order valence-electron chi connectivity index (χ4n) is 2.58. The van der Waals surface area contributed by atoms with E-state index in [1.165, 1.54) is 11.2 Å². The summed E-state index contributed by atoms with van der Waals surface area (Å²) in [4.78, 5) is 23.5. The molecule has 2 aromatic rings. The predicted molar refractivity (Wildman–Crippen MR) is 108 cm³/mol. The monoisotopic (exact) mass is 388 g/mol. The summed E-state index contributed by atoms with van der Waals surface area (Å²) >= 11 is 0. The number of ketones is 1. The highest BCUT2D eigenvalue weighted by molar-refractivity contribution is 7.92. The van der Waals surface area contributed by atoms with Gasteiger partial charge in [-0.05, 0) is 68.3 Å². The Morgan fingerprint density at radius 1 is 1.00 bits per heavy atom. The van der Waals surface area contributed by atoms with E-state index < -0.39 is 10.0 Å². The van der Waals surface area contributed by atoms with Crippen molar-refractivity contribution in [2.45, 2.75) is 27.2 Å². The maximum absolute atomic E-state index is 12.2. The Balaban J connectivity index is 2.07. The van der Waals surface area contributed by atoms with Gasteiger partial charge in [0.25, 0.3) is 0 Å². The third kappa shape index (κ3) is 5.65. The number of hydrogen-bond acceptors (Lipinski definition) is 4. The standard InChI is InChI=1S/C20H24N2O4S/c1-14-5-10-19(13-15(14)2)22(27(4,25)26)12-11-20(24)21-18-8-6-17(7-9-18)16(3)23/h5-10,13H,11-12H2,1-4H3,(H,21,24). The van der Waals surface area contributed by atoms with E-state index in [1.54, 1.807) is 36.4 Å². The van der Waals surface area contributed by atoms with Gasteiger partial charge in [0, 0.05) is 24.2 Å². The normalized spacial score (nSPS) is 11.1. The zero-order chi connectivity index (χ0) is 20.2. The average Bonchev–Trinajstić information content (AvgIpc) is 2.57. The smallest absolute Gasteiger partial charge is 0.232 e. The minimum absolute atomic E-state index is 0.00839. The number of nitrogens with zero attached hydrogens (tertiary/aromatic N) is 1. The van der Waals surface area contributed by atoms with Crippen molar-refractivity contribution in [1.29, 1.82) is 0 Å². The van der Waals surface area contributed by atoms with Gasteiger partial charge in [-0.1, -0.05) is 6.07 Å². The molecular weight excluding hydrogens is 364 g/mol. The van der Waals surface area contributed by atoms with Crippen molar-refractivity contribution in [2.24, 2.45) is 0 Å². The summed E-state index contributed by atoms with van der Waals surface area (Å²) in [6, 6.07) is 12.0. The van der Waals surface area contributed by atoms with Crippen LogP contribution in [-0.4, -0.2) is 32.9 Å². The largest absolute Gasteiger partial charge is 0.326 e. The summed E-state index contributed by atoms with van der Waals surface area (Å²) < 4.78 is 25.6. The van der Waals surface area contributed by atoms with Gasteiger partial charge in [-0.25, -0.2) is 8.42 Å². The van der Waals surface area contributed by atoms with Gasteiger partial charge in [-0.2, -0.15) is 0 Å². The molecule has 0 fully saturated rings. The second-order valence-corrected chi connectivity index (χ2v) is 8.44. The van der Waals surface area contributed by atoms with Crippen LogP contribution in [0, 0.1) is 13.8 Å². The van der Waals surface area contributed by atoms with Crippen molar-refractivity contribution in [3.63, 3.8) is 0 Å². The highest BCUT2D eigenvalue weighted by atomic mass is 32.2. The first-order valence-corrected chi connectivity index (χ1v) is 10.4. The summed E-state index contributed by atoms with van der Waals surface area (Å²) in [5, 5.41) is 2.72. The van der Waals surface area contributed by atoms with Crippen LogP contribution in [0.3, 0.4) is 0 Å². The van der Waals surface area contributed by atoms with E-state index in [2.05, 4.69) is 5.32 Å². The van der Waals surface area contributed by atoms with Gasteiger partial charge in [-0.15, -0.1) is 0 Å². The second-order valence-electron chi connectivity index (χ2n) is 6.54. The minimum Gasteiger partial charge on any atom is -0.326 e. The fraction of sp³-hybridized carbons (Fsp3) is 0.300. The van der Waals surface area contributed by atoms with Crippen LogP contribution in [-0.2, 0) is 14.8 Å². The quantitative estimate of drug-likeness (QED) is 0.738. The number of anilines is 2. The summed E-state index contributed by atoms with van der Waals surface area (Å²) in [6.07, 6.45) is 1.13. The molecule has 0 aliphatic rings. The predicted octanol–water partition coefficient (Wildman–Crippen LogP) is 3.30. The molecule has 27 heavy (non-hydrogen) atoms. The fourth-order valence-corrected chi connectivity index (χ4v) is 3.50. The lowest BCUT2D eigenvalue weighted by Gasteiger charge is -2.23. The zero-order valence-corrected chi connectivity index (χ0v) is 16.8. The molecule has 0 heterocycles. The molecule has 0 saturated carbocycles. The number of carbonyl (C=O) groups is 2. The Morgan fingerprint density at radius 2 is 1.63 bits per heavy atom. The SMILES string of the molecule is CC(=O)c1ccc(NC(=O)CCN(c2ccc(C)c(C)c2)S(C)(=O)=O)cc1. The number of Topliss-reactive ketones (excluding diaryl/α,β-unsaturated/α-hetero) is 1. The molecule has 1 N–H and O–H groups in total. The summed E-state index contributed by atoms with van der Waals surface area (Å²) in [5.74, 6) is -0.354. The Labute approximate surface area is 160 Å². The lowest BCUT2D eigenvalue weighted by molar-refractivity contribution is -0.116. The van der Waals surface area contributed by atoms with Gasteiger partial charge in [0.15, 0.2) is 5.78 Å². The molecule has 0 aromatic heterocycles. The maximum Gasteiger partial charge on any atom is 0.232 e. The van der Waals surface area contributed by atoms with E-state index in [9.17, 15) is 18.0 Å². The lowest BCUT2D eigenvalue weighted by Crippen LogP contribution is -2.33. The topological polar surface area (TPSA) is 83.6 Å². The van der Waals surface area contributed by atoms with Crippen molar-refractivity contribution in [3.05, 3.63) is 59.2 Å². The van der Waals surface area contributed by atoms with Crippen molar-refractivity contribution in [1.82, 2.24) is 0 Å². The Kier molecular flexibility index (Phi) is 6.38. The molecule has 7 heteroatoms. The molecule has 0 spiro atoms. The first-order valence-electron chi connectivity index (χ1n) is 8.54. The van der Waals surface area contributed by atoms with Gasteiger partial charge in [0.1, 0.15) is 0 Å². The van der Waals surface area contributed by atoms with E-state index in [0.29, 0.717) is 16.9 Å². The molecule has 0 radical (unpaired) electrons. The molecule has 0 bridgehead atoms. The van der Waals surface area contributed by atoms with E-state index in [4.69, 9.17) is 0 Å². The Hall–Kier alpha value is -2.67. The van der Waals surface area contributed by atoms with Crippen molar-refractivity contribution in [3.8, 4) is 0 Å². The summed E-state index contributed by atoms with van der Waals surface area (Å²) in [5.41, 5.74) is 3.71. The van der Waals surface area contributed by atoms with E-state index in [0.717, 1.165) is 17.4 Å². The molecule has 2 rings (SSSR count). The van der Waals surface area contributed by atoms with E-state index >= 15 is 0 Å². The molecule has 0 saturated heterocycles. The van der Waals surface area contributed by atoms with Crippen LogP contribution >= 0.6 is 0 Å². The van der Waals surface area contributed by atoms with Crippen LogP contribution in [0.15, 0.2) is 42.5 Å². The third-order valence-electron chi connectivity index (χ3n) is 4.30. The number of aryl methyl sites for hydroxylation is 2. The number of benzene rings is 2. The minimum atomic E-state index is -3.52. The molecule has 0 aliphatic carbocycles. The van der Waals surface area contributed by atoms with Gasteiger partial charge in [-0.3, -0.25) is 13.9 Å². The third-order valence-corrected chi connectivity index (χ3v) is 5.49. The van der Waals surface area contributed by atoms with Crippen LogP contribution < -0.4 is 9.62 Å². The number of hydrogen-bond donors (Lipinski definition) is 1. The molecule has 0 aliphatic heterocycles. The first kappa shape index (κ1) is 20.6. The average molecular weight is 388 g/mol. The van der Waals surface area contributed by atoms with Crippen LogP contribution in [0.25, 0.3) is 0 Å². The van der Waals surface area contributed by atoms with Crippen LogP contribution in [0.5, 0.6) is 0 Å². The van der Waals surface area contributed by atoms with Crippen molar-refractivity contribution in [2.75, 3.05) is 22.4 Å². The van der Waals surface area contributed by atoms with E-state index in [-0.39, 0.29) is 24.7 Å². The number of carbonyl (C=O) groups excluding carboxylic acids is 2. The first-order chi connectivity index (χ1) is 12.6. The molecule has 2 aromatic carbocycles. The van der Waals surface area contributed by atoms with Crippen LogP contribution in [0.1, 0.15) is 34.8 Å². The second kappa shape index (κ2) is 8.35. The molecule has 0 unspecified atom stereocenters. The Bertz CT molecular complexity index is 950. The van der Waals surface area contributed by atoms with Gasteiger partial charge >= 0.3 is 0 Å². The number of amides is 1. The van der Waals surface area contributed by atoms with Gasteiger partial charge in [0.05, 0.1) is 11.9 Å². The van der Waals surface area contributed by atoms with Gasteiger partial charge < -0.3 is 5.32 Å². The molecule has 6 nitrogen and oxygen atoms in total. The number of sulfonamides is 1. The number of rotatable bonds is 7.